The number of hydrogen-bond acceptors (Lipinski definition) is 4. The second-order valence-electron chi connectivity index (χ2n) is 7.71. The van der Waals surface area contributed by atoms with Crippen LogP contribution in [0.1, 0.15) is 25.7 Å². The lowest BCUT2D eigenvalue weighted by molar-refractivity contribution is -0.135. The molecular weight excluding hydrogens is 304 g/mol. The Hall–Kier alpha value is -1.40. The van der Waals surface area contributed by atoms with Crippen LogP contribution in [0.15, 0.2) is 18.5 Å². The van der Waals surface area contributed by atoms with Crippen LogP contribution in [0.5, 0.6) is 0 Å². The summed E-state index contributed by atoms with van der Waals surface area (Å²) in [6.07, 6.45) is 8.11. The van der Waals surface area contributed by atoms with Crippen LogP contribution in [0.4, 0.5) is 0 Å². The second-order valence-corrected chi connectivity index (χ2v) is 7.71. The van der Waals surface area contributed by atoms with Gasteiger partial charge in [-0.3, -0.25) is 9.48 Å². The number of hydrogen-bond donors (Lipinski definition) is 0. The van der Waals surface area contributed by atoms with Gasteiger partial charge in [0.1, 0.15) is 0 Å². The largest absolute Gasteiger partial charge is 0.381 e. The lowest BCUT2D eigenvalue weighted by Crippen LogP contribution is -2.47. The van der Waals surface area contributed by atoms with Crippen LogP contribution < -0.4 is 0 Å². The highest BCUT2D eigenvalue weighted by molar-refractivity contribution is 5.83. The molecular formula is C18H28N4O2. The van der Waals surface area contributed by atoms with Crippen LogP contribution in [0.3, 0.4) is 0 Å². The Kier molecular flexibility index (Phi) is 4.35. The number of nitrogens with zero attached hydrogens (tertiary/aromatic N) is 4. The average molecular weight is 332 g/mol. The maximum atomic E-state index is 12.8. The van der Waals surface area contributed by atoms with Gasteiger partial charge in [0.15, 0.2) is 0 Å². The van der Waals surface area contributed by atoms with Crippen molar-refractivity contribution in [2.24, 2.45) is 11.3 Å². The summed E-state index contributed by atoms with van der Waals surface area (Å²) in [5.74, 6) is 0.582. The van der Waals surface area contributed by atoms with Gasteiger partial charge in [0.25, 0.3) is 0 Å². The van der Waals surface area contributed by atoms with Crippen molar-refractivity contribution in [3.8, 4) is 0 Å². The second kappa shape index (κ2) is 6.48. The molecule has 3 fully saturated rings. The summed E-state index contributed by atoms with van der Waals surface area (Å²) >= 11 is 0. The molecule has 0 N–H and O–H groups in total. The number of amides is 1. The van der Waals surface area contributed by atoms with Gasteiger partial charge in [-0.25, -0.2) is 0 Å². The maximum Gasteiger partial charge on any atom is 0.226 e. The normalized spacial score (nSPS) is 30.8. The zero-order valence-electron chi connectivity index (χ0n) is 14.6. The Morgan fingerprint density at radius 2 is 2.21 bits per heavy atom. The predicted octanol–water partition coefficient (Wildman–Crippen LogP) is 1.23. The number of ether oxygens (including phenoxy) is 1. The van der Waals surface area contributed by atoms with E-state index in [9.17, 15) is 4.79 Å². The fourth-order valence-corrected chi connectivity index (χ4v) is 4.39. The standard InChI is InChI=1S/C18H28N4O2/c1-20(17(23)16-13-18(16)5-12-24-14-18)15-3-8-21(9-4-15)10-11-22-7-2-6-19-22/h2,6-7,15-16H,3-5,8-14H2,1H3. The third-order valence-electron chi connectivity index (χ3n) is 6.28. The molecule has 4 rings (SSSR count). The SMILES string of the molecule is CN(C(=O)C1CC12CCOC2)C1CCN(CCn2cccn2)CC1. The number of aromatic nitrogens is 2. The molecule has 2 atom stereocenters. The summed E-state index contributed by atoms with van der Waals surface area (Å²) in [5, 5.41) is 4.26. The summed E-state index contributed by atoms with van der Waals surface area (Å²) in [6, 6.07) is 2.37. The Morgan fingerprint density at radius 3 is 2.88 bits per heavy atom. The molecule has 1 aliphatic carbocycles. The topological polar surface area (TPSA) is 50.6 Å². The van der Waals surface area contributed by atoms with Gasteiger partial charge in [0, 0.05) is 63.1 Å². The third-order valence-corrected chi connectivity index (χ3v) is 6.28. The van der Waals surface area contributed by atoms with Gasteiger partial charge in [-0.05, 0) is 31.7 Å². The van der Waals surface area contributed by atoms with Gasteiger partial charge in [0.2, 0.25) is 5.91 Å². The van der Waals surface area contributed by atoms with Gasteiger partial charge < -0.3 is 14.5 Å². The number of likely N-dealkylation sites (tertiary alicyclic amines) is 1. The van der Waals surface area contributed by atoms with E-state index in [1.54, 1.807) is 0 Å². The summed E-state index contributed by atoms with van der Waals surface area (Å²) in [4.78, 5) is 17.3. The Morgan fingerprint density at radius 1 is 1.38 bits per heavy atom. The molecule has 2 aliphatic heterocycles. The van der Waals surface area contributed by atoms with Gasteiger partial charge >= 0.3 is 0 Å². The van der Waals surface area contributed by atoms with Gasteiger partial charge in [-0.1, -0.05) is 0 Å². The first-order valence-corrected chi connectivity index (χ1v) is 9.22. The lowest BCUT2D eigenvalue weighted by Gasteiger charge is -2.37. The van der Waals surface area contributed by atoms with E-state index in [0.717, 1.165) is 65.1 Å². The monoisotopic (exact) mass is 332 g/mol. The van der Waals surface area contributed by atoms with E-state index in [2.05, 4.69) is 10.00 Å². The number of piperidine rings is 1. The van der Waals surface area contributed by atoms with Crippen LogP contribution >= 0.6 is 0 Å². The number of carbonyl (C=O) groups excluding carboxylic acids is 1. The van der Waals surface area contributed by atoms with Crippen LogP contribution in [-0.4, -0.2) is 71.4 Å². The van der Waals surface area contributed by atoms with Crippen LogP contribution in [0, 0.1) is 11.3 Å². The smallest absolute Gasteiger partial charge is 0.226 e. The minimum Gasteiger partial charge on any atom is -0.381 e. The molecule has 0 aromatic carbocycles. The molecule has 2 unspecified atom stereocenters. The van der Waals surface area contributed by atoms with Gasteiger partial charge in [0.05, 0.1) is 13.2 Å². The Balaban J connectivity index is 1.23. The zero-order valence-corrected chi connectivity index (χ0v) is 14.6. The van der Waals surface area contributed by atoms with E-state index in [4.69, 9.17) is 4.74 Å². The Labute approximate surface area is 143 Å². The summed E-state index contributed by atoms with van der Waals surface area (Å²) in [7, 11) is 2.01. The van der Waals surface area contributed by atoms with E-state index in [1.807, 2.05) is 35.1 Å². The van der Waals surface area contributed by atoms with E-state index in [1.165, 1.54) is 0 Å². The van der Waals surface area contributed by atoms with Crippen molar-refractivity contribution >= 4 is 5.91 Å². The molecule has 6 heteroatoms. The third kappa shape index (κ3) is 3.09. The van der Waals surface area contributed by atoms with Crippen LogP contribution in [0.2, 0.25) is 0 Å². The van der Waals surface area contributed by atoms with Crippen LogP contribution in [0.25, 0.3) is 0 Å². The molecule has 1 saturated carbocycles. The summed E-state index contributed by atoms with van der Waals surface area (Å²) < 4.78 is 7.50. The van der Waals surface area contributed by atoms with Crippen molar-refractivity contribution in [1.82, 2.24) is 19.6 Å². The molecule has 3 aliphatic rings. The summed E-state index contributed by atoms with van der Waals surface area (Å²) in [6.45, 7) is 5.75. The van der Waals surface area contributed by atoms with Gasteiger partial charge in [-0.15, -0.1) is 0 Å². The van der Waals surface area contributed by atoms with Gasteiger partial charge in [-0.2, -0.15) is 5.10 Å². The molecule has 24 heavy (non-hydrogen) atoms. The van der Waals surface area contributed by atoms with E-state index in [-0.39, 0.29) is 11.3 Å². The quantitative estimate of drug-likeness (QED) is 0.814. The first-order valence-electron chi connectivity index (χ1n) is 9.22. The lowest BCUT2D eigenvalue weighted by atomic mass is 10.00. The average Bonchev–Trinajstić information content (AvgIpc) is 2.98. The predicted molar refractivity (Wildman–Crippen MR) is 90.4 cm³/mol. The fraction of sp³-hybridized carbons (Fsp3) is 0.778. The molecule has 6 nitrogen and oxygen atoms in total. The number of rotatable bonds is 5. The molecule has 132 valence electrons. The molecule has 1 aromatic heterocycles. The molecule has 3 heterocycles. The van der Waals surface area contributed by atoms with E-state index in [0.29, 0.717) is 11.9 Å². The van der Waals surface area contributed by atoms with Crippen molar-refractivity contribution in [3.63, 3.8) is 0 Å². The highest BCUT2D eigenvalue weighted by atomic mass is 16.5. The molecule has 1 spiro atoms. The minimum atomic E-state index is 0.204. The molecule has 2 saturated heterocycles. The molecule has 0 bridgehead atoms. The van der Waals surface area contributed by atoms with Crippen LogP contribution in [-0.2, 0) is 16.1 Å². The Bertz CT molecular complexity index is 560. The van der Waals surface area contributed by atoms with Crippen molar-refractivity contribution < 1.29 is 9.53 Å². The molecule has 1 aromatic rings. The fourth-order valence-electron chi connectivity index (χ4n) is 4.39. The van der Waals surface area contributed by atoms with E-state index >= 15 is 0 Å². The summed E-state index contributed by atoms with van der Waals surface area (Å²) in [5.41, 5.74) is 0.204. The maximum absolute atomic E-state index is 12.8. The minimum absolute atomic E-state index is 0.204. The first-order chi connectivity index (χ1) is 11.7. The molecule has 1 amide bonds. The van der Waals surface area contributed by atoms with Crippen molar-refractivity contribution in [2.45, 2.75) is 38.3 Å². The molecule has 0 radical (unpaired) electrons. The van der Waals surface area contributed by atoms with Crippen molar-refractivity contribution in [2.75, 3.05) is 39.9 Å². The zero-order chi connectivity index (χ0) is 16.6. The van der Waals surface area contributed by atoms with Crippen molar-refractivity contribution in [1.29, 1.82) is 0 Å². The van der Waals surface area contributed by atoms with Crippen molar-refractivity contribution in [3.05, 3.63) is 18.5 Å². The van der Waals surface area contributed by atoms with E-state index < -0.39 is 0 Å². The highest BCUT2D eigenvalue weighted by Crippen LogP contribution is 2.58. The first kappa shape index (κ1) is 16.1. The highest BCUT2D eigenvalue weighted by Gasteiger charge is 2.60. The number of carbonyl (C=O) groups is 1.